The van der Waals surface area contributed by atoms with E-state index in [4.69, 9.17) is 4.42 Å². The highest BCUT2D eigenvalue weighted by molar-refractivity contribution is 7.90. The number of oxazole rings is 1. The zero-order chi connectivity index (χ0) is 17.4. The Morgan fingerprint density at radius 2 is 1.76 bits per heavy atom. The third-order valence-corrected chi connectivity index (χ3v) is 5.93. The van der Waals surface area contributed by atoms with Crippen molar-refractivity contribution in [2.45, 2.75) is 12.7 Å². The lowest BCUT2D eigenvalue weighted by atomic mass is 10.1. The van der Waals surface area contributed by atoms with Crippen LogP contribution in [-0.4, -0.2) is 19.2 Å². The number of sulfone groups is 1. The van der Waals surface area contributed by atoms with Gasteiger partial charge in [0.2, 0.25) is 5.89 Å². The maximum Gasteiger partial charge on any atom is 0.227 e. The summed E-state index contributed by atoms with van der Waals surface area (Å²) < 4.78 is 29.5. The average molecular weight is 351 g/mol. The molecule has 0 aliphatic rings. The molecule has 0 unspecified atom stereocenters. The standard InChI is InChI=1S/C20H17NO3S/c1-2-25(22,23)13-14-7-10-19-18(11-14)21-20(24-19)17-9-8-15-5-3-4-6-16(15)12-17/h3-12H,2,13H2,1H3. The van der Waals surface area contributed by atoms with E-state index in [1.54, 1.807) is 25.1 Å². The summed E-state index contributed by atoms with van der Waals surface area (Å²) in [6, 6.07) is 19.5. The highest BCUT2D eigenvalue weighted by atomic mass is 32.2. The molecule has 0 amide bonds. The Morgan fingerprint density at radius 1 is 0.960 bits per heavy atom. The van der Waals surface area contributed by atoms with Crippen LogP contribution in [-0.2, 0) is 15.6 Å². The van der Waals surface area contributed by atoms with Crippen LogP contribution in [0.3, 0.4) is 0 Å². The van der Waals surface area contributed by atoms with Gasteiger partial charge in [-0.05, 0) is 40.6 Å². The van der Waals surface area contributed by atoms with Crippen LogP contribution in [0.15, 0.2) is 65.1 Å². The molecule has 25 heavy (non-hydrogen) atoms. The van der Waals surface area contributed by atoms with Crippen molar-refractivity contribution in [2.75, 3.05) is 5.75 Å². The molecule has 0 radical (unpaired) electrons. The average Bonchev–Trinajstić information content (AvgIpc) is 3.04. The third-order valence-electron chi connectivity index (χ3n) is 4.27. The van der Waals surface area contributed by atoms with E-state index in [1.165, 1.54) is 0 Å². The second kappa shape index (κ2) is 6.01. The normalized spacial score (nSPS) is 12.0. The maximum atomic E-state index is 11.8. The van der Waals surface area contributed by atoms with Crippen LogP contribution in [0.25, 0.3) is 33.3 Å². The Balaban J connectivity index is 1.75. The molecular formula is C20H17NO3S. The molecule has 4 aromatic rings. The van der Waals surface area contributed by atoms with Crippen LogP contribution in [0.2, 0.25) is 0 Å². The molecular weight excluding hydrogens is 334 g/mol. The van der Waals surface area contributed by atoms with E-state index in [9.17, 15) is 8.42 Å². The van der Waals surface area contributed by atoms with E-state index in [1.807, 2.05) is 30.3 Å². The first-order valence-electron chi connectivity index (χ1n) is 8.13. The van der Waals surface area contributed by atoms with Crippen LogP contribution in [0.4, 0.5) is 0 Å². The molecule has 0 saturated heterocycles. The van der Waals surface area contributed by atoms with E-state index in [0.717, 1.165) is 21.9 Å². The Hall–Kier alpha value is -2.66. The van der Waals surface area contributed by atoms with Gasteiger partial charge in [-0.2, -0.15) is 0 Å². The molecule has 4 nitrogen and oxygen atoms in total. The molecule has 3 aromatic carbocycles. The minimum absolute atomic E-state index is 0.0254. The van der Waals surface area contributed by atoms with Gasteiger partial charge in [0, 0.05) is 11.3 Å². The fourth-order valence-electron chi connectivity index (χ4n) is 2.86. The van der Waals surface area contributed by atoms with Gasteiger partial charge in [0.25, 0.3) is 0 Å². The summed E-state index contributed by atoms with van der Waals surface area (Å²) in [5.41, 5.74) is 2.96. The second-order valence-electron chi connectivity index (χ2n) is 6.06. The Kier molecular flexibility index (Phi) is 3.81. The number of hydrogen-bond acceptors (Lipinski definition) is 4. The van der Waals surface area contributed by atoms with Crippen molar-refractivity contribution in [1.82, 2.24) is 4.98 Å². The van der Waals surface area contributed by atoms with E-state index in [-0.39, 0.29) is 11.5 Å². The molecule has 0 fully saturated rings. The fraction of sp³-hybridized carbons (Fsp3) is 0.150. The maximum absolute atomic E-state index is 11.8. The van der Waals surface area contributed by atoms with Crippen molar-refractivity contribution >= 4 is 31.7 Å². The van der Waals surface area contributed by atoms with Gasteiger partial charge in [-0.3, -0.25) is 0 Å². The van der Waals surface area contributed by atoms with Crippen molar-refractivity contribution in [3.8, 4) is 11.5 Å². The molecule has 0 spiro atoms. The number of hydrogen-bond donors (Lipinski definition) is 0. The van der Waals surface area contributed by atoms with Crippen LogP contribution in [0, 0.1) is 0 Å². The van der Waals surface area contributed by atoms with Crippen molar-refractivity contribution in [3.05, 3.63) is 66.2 Å². The molecule has 4 rings (SSSR count). The summed E-state index contributed by atoms with van der Waals surface area (Å²) in [5.74, 6) is 0.695. The molecule has 0 N–H and O–H groups in total. The molecule has 0 saturated carbocycles. The van der Waals surface area contributed by atoms with Crippen LogP contribution < -0.4 is 0 Å². The summed E-state index contributed by atoms with van der Waals surface area (Å²) in [7, 11) is -3.07. The van der Waals surface area contributed by atoms with Crippen molar-refractivity contribution in [3.63, 3.8) is 0 Å². The highest BCUT2D eigenvalue weighted by Gasteiger charge is 2.13. The summed E-state index contributed by atoms with van der Waals surface area (Å²) >= 11 is 0. The largest absolute Gasteiger partial charge is 0.436 e. The van der Waals surface area contributed by atoms with E-state index in [0.29, 0.717) is 17.0 Å². The molecule has 0 aliphatic carbocycles. The van der Waals surface area contributed by atoms with Crippen molar-refractivity contribution in [1.29, 1.82) is 0 Å². The number of nitrogens with zero attached hydrogens (tertiary/aromatic N) is 1. The minimum Gasteiger partial charge on any atom is -0.436 e. The van der Waals surface area contributed by atoms with Gasteiger partial charge >= 0.3 is 0 Å². The van der Waals surface area contributed by atoms with Crippen molar-refractivity contribution in [2.24, 2.45) is 0 Å². The zero-order valence-electron chi connectivity index (χ0n) is 13.8. The summed E-state index contributed by atoms with van der Waals surface area (Å²) in [5, 5.41) is 2.28. The highest BCUT2D eigenvalue weighted by Crippen LogP contribution is 2.28. The molecule has 1 heterocycles. The first-order valence-corrected chi connectivity index (χ1v) is 9.95. The SMILES string of the molecule is CCS(=O)(=O)Cc1ccc2oc(-c3ccc4ccccc4c3)nc2c1. The van der Waals surface area contributed by atoms with Gasteiger partial charge in [0.15, 0.2) is 15.4 Å². The first kappa shape index (κ1) is 15.8. The van der Waals surface area contributed by atoms with E-state index >= 15 is 0 Å². The smallest absolute Gasteiger partial charge is 0.227 e. The quantitative estimate of drug-likeness (QED) is 0.540. The Morgan fingerprint density at radius 3 is 2.56 bits per heavy atom. The molecule has 1 aromatic heterocycles. The first-order chi connectivity index (χ1) is 12.0. The minimum atomic E-state index is -3.07. The summed E-state index contributed by atoms with van der Waals surface area (Å²) in [4.78, 5) is 4.54. The number of aromatic nitrogens is 1. The fourth-order valence-corrected chi connectivity index (χ4v) is 3.76. The lowest BCUT2D eigenvalue weighted by Gasteiger charge is -2.00. The molecule has 5 heteroatoms. The van der Waals surface area contributed by atoms with Crippen LogP contribution >= 0.6 is 0 Å². The Bertz CT molecular complexity index is 1180. The van der Waals surface area contributed by atoms with Gasteiger partial charge in [-0.25, -0.2) is 13.4 Å². The number of fused-ring (bicyclic) bond motifs is 2. The van der Waals surface area contributed by atoms with Gasteiger partial charge in [-0.15, -0.1) is 0 Å². The van der Waals surface area contributed by atoms with E-state index in [2.05, 4.69) is 17.1 Å². The van der Waals surface area contributed by atoms with Gasteiger partial charge in [-0.1, -0.05) is 43.3 Å². The van der Waals surface area contributed by atoms with Crippen molar-refractivity contribution < 1.29 is 12.8 Å². The second-order valence-corrected chi connectivity index (χ2v) is 8.41. The van der Waals surface area contributed by atoms with Crippen LogP contribution in [0.1, 0.15) is 12.5 Å². The molecule has 0 aliphatic heterocycles. The number of benzene rings is 3. The lowest BCUT2D eigenvalue weighted by Crippen LogP contribution is -2.06. The Labute approximate surface area is 146 Å². The monoisotopic (exact) mass is 351 g/mol. The van der Waals surface area contributed by atoms with E-state index < -0.39 is 9.84 Å². The van der Waals surface area contributed by atoms with Gasteiger partial charge in [0.05, 0.1) is 5.75 Å². The molecule has 0 atom stereocenters. The summed E-state index contributed by atoms with van der Waals surface area (Å²) in [6.07, 6.45) is 0. The van der Waals surface area contributed by atoms with Crippen LogP contribution in [0.5, 0.6) is 0 Å². The van der Waals surface area contributed by atoms with Gasteiger partial charge < -0.3 is 4.42 Å². The molecule has 126 valence electrons. The third kappa shape index (κ3) is 3.15. The summed E-state index contributed by atoms with van der Waals surface area (Å²) in [6.45, 7) is 1.65. The lowest BCUT2D eigenvalue weighted by molar-refractivity contribution is 0.596. The predicted octanol–water partition coefficient (Wildman–Crippen LogP) is 4.58. The number of rotatable bonds is 4. The topological polar surface area (TPSA) is 60.2 Å². The molecule has 0 bridgehead atoms. The predicted molar refractivity (Wildman–Crippen MR) is 100 cm³/mol. The zero-order valence-corrected chi connectivity index (χ0v) is 14.6. The van der Waals surface area contributed by atoms with Gasteiger partial charge in [0.1, 0.15) is 5.52 Å².